The number of hydrogen-bond donors (Lipinski definition) is 0. The summed E-state index contributed by atoms with van der Waals surface area (Å²) in [5.74, 6) is 0.217. The van der Waals surface area contributed by atoms with Crippen LogP contribution in [-0.4, -0.2) is 11.6 Å². The molecule has 2 aliphatic rings. The third kappa shape index (κ3) is 5.32. The molecular weight excluding hydrogens is 517 g/mol. The van der Waals surface area contributed by atoms with E-state index in [1.54, 1.807) is 22.7 Å². The summed E-state index contributed by atoms with van der Waals surface area (Å²) in [6.07, 6.45) is 8.14. The van der Waals surface area contributed by atoms with E-state index < -0.39 is 0 Å². The summed E-state index contributed by atoms with van der Waals surface area (Å²) >= 11 is 3.46. The Hall–Kier alpha value is -3.60. The van der Waals surface area contributed by atoms with Crippen LogP contribution >= 0.6 is 22.7 Å². The lowest BCUT2D eigenvalue weighted by Gasteiger charge is -2.26. The molecule has 0 saturated heterocycles. The molecule has 0 spiro atoms. The van der Waals surface area contributed by atoms with Gasteiger partial charge in [-0.25, -0.2) is 0 Å². The van der Waals surface area contributed by atoms with Crippen molar-refractivity contribution in [2.45, 2.75) is 41.5 Å². The molecule has 2 aromatic heterocycles. The Labute approximate surface area is 239 Å². The molecule has 0 saturated carbocycles. The highest BCUT2D eigenvalue weighted by molar-refractivity contribution is 7.15. The summed E-state index contributed by atoms with van der Waals surface area (Å²) in [5.41, 5.74) is 8.34. The fourth-order valence-electron chi connectivity index (χ4n) is 5.06. The van der Waals surface area contributed by atoms with Gasteiger partial charge in [0, 0.05) is 31.4 Å². The number of allylic oxidation sites excluding steroid dienone is 10. The van der Waals surface area contributed by atoms with Crippen LogP contribution in [0.4, 0.5) is 0 Å². The normalized spacial score (nSPS) is 17.4. The van der Waals surface area contributed by atoms with E-state index in [-0.39, 0.29) is 17.0 Å². The monoisotopic (exact) mass is 548 g/mol. The summed E-state index contributed by atoms with van der Waals surface area (Å²) in [6, 6.07) is 19.0. The molecular formula is C35H32O2S2. The highest BCUT2D eigenvalue weighted by Crippen LogP contribution is 2.43. The van der Waals surface area contributed by atoms with Crippen LogP contribution in [0.3, 0.4) is 0 Å². The summed E-state index contributed by atoms with van der Waals surface area (Å²) < 4.78 is 0. The van der Waals surface area contributed by atoms with Gasteiger partial charge in [0.1, 0.15) is 0 Å². The molecule has 0 bridgehead atoms. The first kappa shape index (κ1) is 27.0. The maximum absolute atomic E-state index is 13.1. The highest BCUT2D eigenvalue weighted by atomic mass is 32.1. The van der Waals surface area contributed by atoms with Crippen molar-refractivity contribution in [1.29, 1.82) is 0 Å². The Balaban J connectivity index is 1.74. The van der Waals surface area contributed by atoms with Crippen LogP contribution in [0.5, 0.6) is 0 Å². The second kappa shape index (κ2) is 10.5. The number of ketones is 2. The number of hydrogen-bond acceptors (Lipinski definition) is 4. The molecule has 0 fully saturated rings. The fraction of sp³-hybridized carbons (Fsp3) is 0.200. The minimum atomic E-state index is -0.253. The Morgan fingerprint density at radius 3 is 1.74 bits per heavy atom. The lowest BCUT2D eigenvalue weighted by Crippen LogP contribution is -2.21. The highest BCUT2D eigenvalue weighted by Gasteiger charge is 2.29. The van der Waals surface area contributed by atoms with E-state index in [1.807, 2.05) is 45.1 Å². The average molecular weight is 549 g/mol. The number of benzene rings is 1. The number of Topliss-reactive ketones (excluding diaryl/α,β-unsaturated/α-hetero) is 2. The first-order valence-corrected chi connectivity index (χ1v) is 14.8. The zero-order valence-electron chi connectivity index (χ0n) is 23.2. The molecule has 196 valence electrons. The first-order chi connectivity index (χ1) is 18.5. The second-order valence-corrected chi connectivity index (χ2v) is 13.1. The van der Waals surface area contributed by atoms with Gasteiger partial charge in [-0.1, -0.05) is 57.2 Å². The van der Waals surface area contributed by atoms with E-state index in [4.69, 9.17) is 0 Å². The van der Waals surface area contributed by atoms with E-state index in [1.165, 1.54) is 4.88 Å². The molecule has 3 aromatic rings. The summed E-state index contributed by atoms with van der Waals surface area (Å²) in [7, 11) is 0. The van der Waals surface area contributed by atoms with Gasteiger partial charge in [-0.3, -0.25) is 9.59 Å². The molecule has 39 heavy (non-hydrogen) atoms. The quantitative estimate of drug-likeness (QED) is 0.325. The van der Waals surface area contributed by atoms with Crippen LogP contribution in [0.25, 0.3) is 11.1 Å². The van der Waals surface area contributed by atoms with Crippen molar-refractivity contribution in [1.82, 2.24) is 0 Å². The second-order valence-electron chi connectivity index (χ2n) is 11.1. The van der Waals surface area contributed by atoms with E-state index in [9.17, 15) is 9.59 Å². The minimum Gasteiger partial charge on any atom is -0.289 e. The minimum absolute atomic E-state index is 0.0955. The van der Waals surface area contributed by atoms with Gasteiger partial charge in [-0.15, -0.1) is 22.7 Å². The van der Waals surface area contributed by atoms with E-state index in [2.05, 4.69) is 80.8 Å². The zero-order chi connectivity index (χ0) is 27.9. The van der Waals surface area contributed by atoms with Crippen molar-refractivity contribution in [3.63, 3.8) is 0 Å². The first-order valence-electron chi connectivity index (χ1n) is 13.1. The SMILES string of the molecule is CC1=CC(=C(c2ccccc2)c2ccc(/C(=C3/C=C(C)C(=O)C(C(C)(C)C)=C3)c3cccs3)s2)C=C(C)C1=O. The van der Waals surface area contributed by atoms with E-state index in [0.717, 1.165) is 59.9 Å². The third-order valence-corrected chi connectivity index (χ3v) is 9.06. The topological polar surface area (TPSA) is 34.1 Å². The van der Waals surface area contributed by atoms with Crippen LogP contribution in [-0.2, 0) is 9.59 Å². The fourth-order valence-corrected chi connectivity index (χ4v) is 7.11. The van der Waals surface area contributed by atoms with Crippen molar-refractivity contribution >= 4 is 45.4 Å². The summed E-state index contributed by atoms with van der Waals surface area (Å²) in [5, 5.41) is 2.10. The Bertz CT molecular complexity index is 1630. The van der Waals surface area contributed by atoms with Gasteiger partial charge >= 0.3 is 0 Å². The average Bonchev–Trinajstić information content (AvgIpc) is 3.58. The van der Waals surface area contributed by atoms with Crippen LogP contribution in [0.2, 0.25) is 0 Å². The number of thiophene rings is 2. The summed E-state index contributed by atoms with van der Waals surface area (Å²) in [6.45, 7) is 12.0. The Kier molecular flexibility index (Phi) is 7.28. The predicted molar refractivity (Wildman–Crippen MR) is 166 cm³/mol. The van der Waals surface area contributed by atoms with Crippen LogP contribution in [0, 0.1) is 5.41 Å². The van der Waals surface area contributed by atoms with Gasteiger partial charge in [-0.05, 0) is 107 Å². The van der Waals surface area contributed by atoms with Crippen molar-refractivity contribution in [3.8, 4) is 0 Å². The molecule has 1 aromatic carbocycles. The molecule has 0 atom stereocenters. The van der Waals surface area contributed by atoms with E-state index in [0.29, 0.717) is 0 Å². The van der Waals surface area contributed by atoms with Crippen LogP contribution in [0.1, 0.15) is 61.7 Å². The van der Waals surface area contributed by atoms with Gasteiger partial charge in [-0.2, -0.15) is 0 Å². The molecule has 5 rings (SSSR count). The Morgan fingerprint density at radius 1 is 0.615 bits per heavy atom. The number of rotatable bonds is 4. The lowest BCUT2D eigenvalue weighted by atomic mass is 9.77. The molecule has 0 aliphatic heterocycles. The van der Waals surface area contributed by atoms with Gasteiger partial charge in [0.15, 0.2) is 11.6 Å². The van der Waals surface area contributed by atoms with Crippen molar-refractivity contribution < 1.29 is 9.59 Å². The molecule has 2 nitrogen and oxygen atoms in total. The van der Waals surface area contributed by atoms with Gasteiger partial charge in [0.2, 0.25) is 0 Å². The molecule has 2 aliphatic carbocycles. The predicted octanol–water partition coefficient (Wildman–Crippen LogP) is 9.39. The Morgan fingerprint density at radius 2 is 1.18 bits per heavy atom. The summed E-state index contributed by atoms with van der Waals surface area (Å²) in [4.78, 5) is 29.0. The van der Waals surface area contributed by atoms with Crippen LogP contribution < -0.4 is 0 Å². The molecule has 0 N–H and O–H groups in total. The maximum atomic E-state index is 13.1. The molecule has 0 unspecified atom stereocenters. The largest absolute Gasteiger partial charge is 0.289 e. The molecule has 4 heteroatoms. The standard InChI is InChI=1S/C35H32O2S2/c1-21-17-25(18-22(2)33(21)36)31(24-11-8-7-9-12-24)29-14-15-30(39-29)32(28-13-10-16-38-28)26-19-23(3)34(37)27(20-26)35(4,5)6/h7-20H,1-6H3/b32-26-. The van der Waals surface area contributed by atoms with Gasteiger partial charge < -0.3 is 0 Å². The van der Waals surface area contributed by atoms with Gasteiger partial charge in [0.25, 0.3) is 0 Å². The smallest absolute Gasteiger partial charge is 0.185 e. The molecule has 0 amide bonds. The lowest BCUT2D eigenvalue weighted by molar-refractivity contribution is -0.113. The van der Waals surface area contributed by atoms with Crippen molar-refractivity contribution in [3.05, 3.63) is 138 Å². The van der Waals surface area contributed by atoms with Crippen LogP contribution in [0.15, 0.2) is 118 Å². The van der Waals surface area contributed by atoms with E-state index >= 15 is 0 Å². The number of carbonyl (C=O) groups is 2. The van der Waals surface area contributed by atoms with Crippen molar-refractivity contribution in [2.24, 2.45) is 5.41 Å². The van der Waals surface area contributed by atoms with Crippen molar-refractivity contribution in [2.75, 3.05) is 0 Å². The molecule has 0 radical (unpaired) electrons. The number of carbonyl (C=O) groups excluding carboxylic acids is 2. The third-order valence-electron chi connectivity index (χ3n) is 7.05. The molecule has 2 heterocycles. The maximum Gasteiger partial charge on any atom is 0.185 e. The zero-order valence-corrected chi connectivity index (χ0v) is 24.8. The van der Waals surface area contributed by atoms with Gasteiger partial charge in [0.05, 0.1) is 0 Å².